The van der Waals surface area contributed by atoms with Crippen LogP contribution in [0.3, 0.4) is 0 Å². The summed E-state index contributed by atoms with van der Waals surface area (Å²) in [6, 6.07) is 0.317. The third kappa shape index (κ3) is 8.53. The molecule has 1 amide bonds. The summed E-state index contributed by atoms with van der Waals surface area (Å²) >= 11 is 0. The number of aliphatic imine (C=N–C) groups is 1. The Labute approximate surface area is 165 Å². The van der Waals surface area contributed by atoms with Crippen molar-refractivity contribution in [3.8, 4) is 0 Å². The van der Waals surface area contributed by atoms with Crippen LogP contribution in [0.4, 0.5) is 0 Å². The SMILES string of the molecule is CCCCC(CCC)CNC(=NC)NC1CCN(C(=O)CC)C1.I. The fraction of sp³-hybridized carbons (Fsp3) is 0.889. The van der Waals surface area contributed by atoms with Crippen LogP contribution in [-0.4, -0.2) is 49.5 Å². The molecule has 0 radical (unpaired) electrons. The second-order valence-electron chi connectivity index (χ2n) is 6.57. The number of guanidine groups is 1. The van der Waals surface area contributed by atoms with E-state index in [1.54, 1.807) is 0 Å². The molecular formula is C18H37IN4O. The largest absolute Gasteiger partial charge is 0.356 e. The van der Waals surface area contributed by atoms with Crippen molar-refractivity contribution in [1.82, 2.24) is 15.5 Å². The molecule has 1 aliphatic rings. The summed E-state index contributed by atoms with van der Waals surface area (Å²) < 4.78 is 0. The van der Waals surface area contributed by atoms with Crippen molar-refractivity contribution in [3.63, 3.8) is 0 Å². The second-order valence-corrected chi connectivity index (χ2v) is 6.57. The van der Waals surface area contributed by atoms with Crippen LogP contribution in [0.5, 0.6) is 0 Å². The second kappa shape index (κ2) is 13.7. The van der Waals surface area contributed by atoms with E-state index in [0.29, 0.717) is 12.5 Å². The van der Waals surface area contributed by atoms with Crippen LogP contribution in [0.15, 0.2) is 4.99 Å². The number of likely N-dealkylation sites (tertiary alicyclic amines) is 1. The minimum absolute atomic E-state index is 0. The van der Waals surface area contributed by atoms with Crippen LogP contribution < -0.4 is 10.6 Å². The summed E-state index contributed by atoms with van der Waals surface area (Å²) in [5, 5.41) is 6.96. The molecule has 0 saturated carbocycles. The molecule has 1 saturated heterocycles. The number of hydrogen-bond acceptors (Lipinski definition) is 2. The molecule has 1 rings (SSSR count). The molecule has 0 bridgehead atoms. The first kappa shape index (κ1) is 23.5. The van der Waals surface area contributed by atoms with Gasteiger partial charge in [-0.3, -0.25) is 9.79 Å². The maximum Gasteiger partial charge on any atom is 0.222 e. The summed E-state index contributed by atoms with van der Waals surface area (Å²) in [6.45, 7) is 9.06. The molecule has 5 nitrogen and oxygen atoms in total. The highest BCUT2D eigenvalue weighted by atomic mass is 127. The minimum Gasteiger partial charge on any atom is -0.356 e. The maximum absolute atomic E-state index is 11.8. The summed E-state index contributed by atoms with van der Waals surface area (Å²) in [5.74, 6) is 1.85. The third-order valence-electron chi connectivity index (χ3n) is 4.63. The molecule has 142 valence electrons. The van der Waals surface area contributed by atoms with Gasteiger partial charge in [-0.05, 0) is 25.2 Å². The van der Waals surface area contributed by atoms with E-state index in [1.807, 2.05) is 18.9 Å². The molecule has 0 aliphatic carbocycles. The fourth-order valence-electron chi connectivity index (χ4n) is 3.21. The lowest BCUT2D eigenvalue weighted by atomic mass is 9.97. The number of nitrogens with one attached hydrogen (secondary N) is 2. The molecule has 6 heteroatoms. The zero-order valence-corrected chi connectivity index (χ0v) is 18.3. The number of unbranched alkanes of at least 4 members (excludes halogenated alkanes) is 1. The van der Waals surface area contributed by atoms with E-state index in [9.17, 15) is 4.79 Å². The lowest BCUT2D eigenvalue weighted by Crippen LogP contribution is -2.46. The Morgan fingerprint density at radius 2 is 2.00 bits per heavy atom. The molecule has 0 aromatic carbocycles. The van der Waals surface area contributed by atoms with Gasteiger partial charge in [-0.25, -0.2) is 0 Å². The van der Waals surface area contributed by atoms with Crippen molar-refractivity contribution in [2.24, 2.45) is 10.9 Å². The molecule has 0 spiro atoms. The van der Waals surface area contributed by atoms with Crippen molar-refractivity contribution < 1.29 is 4.79 Å². The highest BCUT2D eigenvalue weighted by Crippen LogP contribution is 2.14. The molecule has 1 fully saturated rings. The van der Waals surface area contributed by atoms with Gasteiger partial charge in [-0.1, -0.05) is 40.0 Å². The normalized spacial score (nSPS) is 18.9. The van der Waals surface area contributed by atoms with Gasteiger partial charge in [0.05, 0.1) is 0 Å². The molecule has 2 N–H and O–H groups in total. The first-order chi connectivity index (χ1) is 11.1. The van der Waals surface area contributed by atoms with E-state index in [0.717, 1.165) is 37.9 Å². The fourth-order valence-corrected chi connectivity index (χ4v) is 3.21. The lowest BCUT2D eigenvalue weighted by Gasteiger charge is -2.21. The molecule has 0 aromatic heterocycles. The smallest absolute Gasteiger partial charge is 0.222 e. The lowest BCUT2D eigenvalue weighted by molar-refractivity contribution is -0.129. The van der Waals surface area contributed by atoms with Crippen LogP contribution in [0.25, 0.3) is 0 Å². The number of rotatable bonds is 9. The summed E-state index contributed by atoms with van der Waals surface area (Å²) in [4.78, 5) is 18.0. The van der Waals surface area contributed by atoms with Crippen LogP contribution in [0.1, 0.15) is 65.7 Å². The van der Waals surface area contributed by atoms with Crippen LogP contribution >= 0.6 is 24.0 Å². The van der Waals surface area contributed by atoms with Crippen LogP contribution in [0, 0.1) is 5.92 Å². The predicted octanol–water partition coefficient (Wildman–Crippen LogP) is 3.39. The molecule has 1 heterocycles. The average Bonchev–Trinajstić information content (AvgIpc) is 3.03. The van der Waals surface area contributed by atoms with Crippen molar-refractivity contribution in [1.29, 1.82) is 0 Å². The van der Waals surface area contributed by atoms with Crippen LogP contribution in [0.2, 0.25) is 0 Å². The Hall–Kier alpha value is -0.530. The van der Waals surface area contributed by atoms with E-state index in [1.165, 1.54) is 32.1 Å². The van der Waals surface area contributed by atoms with Gasteiger partial charge in [0.15, 0.2) is 5.96 Å². The zero-order chi connectivity index (χ0) is 17.1. The number of carbonyl (C=O) groups excluding carboxylic acids is 1. The standard InChI is InChI=1S/C18H36N4O.HI/c1-5-8-10-15(9-6-2)13-20-18(19-4)21-16-11-12-22(14-16)17(23)7-3;/h15-16H,5-14H2,1-4H3,(H2,19,20,21);1H. The van der Waals surface area contributed by atoms with Crippen LogP contribution in [-0.2, 0) is 4.79 Å². The predicted molar refractivity (Wildman–Crippen MR) is 113 cm³/mol. The topological polar surface area (TPSA) is 56.7 Å². The first-order valence-electron chi connectivity index (χ1n) is 9.39. The highest BCUT2D eigenvalue weighted by molar-refractivity contribution is 14.0. The number of halogens is 1. The van der Waals surface area contributed by atoms with Crippen molar-refractivity contribution in [2.45, 2.75) is 71.8 Å². The van der Waals surface area contributed by atoms with E-state index in [-0.39, 0.29) is 29.9 Å². The molecule has 2 unspecified atom stereocenters. The number of nitrogens with zero attached hydrogens (tertiary/aromatic N) is 2. The zero-order valence-electron chi connectivity index (χ0n) is 15.9. The van der Waals surface area contributed by atoms with E-state index in [4.69, 9.17) is 0 Å². The molecular weight excluding hydrogens is 415 g/mol. The van der Waals surface area contributed by atoms with E-state index >= 15 is 0 Å². The molecule has 0 aromatic rings. The third-order valence-corrected chi connectivity index (χ3v) is 4.63. The quantitative estimate of drug-likeness (QED) is 0.320. The molecule has 24 heavy (non-hydrogen) atoms. The Kier molecular flexibility index (Phi) is 13.4. The summed E-state index contributed by atoms with van der Waals surface area (Å²) in [6.07, 6.45) is 7.95. The molecule has 1 aliphatic heterocycles. The van der Waals surface area contributed by atoms with Gasteiger partial charge in [0, 0.05) is 39.1 Å². The minimum atomic E-state index is 0. The number of amides is 1. The van der Waals surface area contributed by atoms with Gasteiger partial charge in [0.2, 0.25) is 5.91 Å². The Morgan fingerprint density at radius 1 is 1.25 bits per heavy atom. The van der Waals surface area contributed by atoms with E-state index < -0.39 is 0 Å². The monoisotopic (exact) mass is 452 g/mol. The first-order valence-corrected chi connectivity index (χ1v) is 9.39. The Balaban J connectivity index is 0.00000529. The highest BCUT2D eigenvalue weighted by Gasteiger charge is 2.25. The Morgan fingerprint density at radius 3 is 2.58 bits per heavy atom. The van der Waals surface area contributed by atoms with Gasteiger partial charge < -0.3 is 15.5 Å². The van der Waals surface area contributed by atoms with Crippen molar-refractivity contribution in [3.05, 3.63) is 0 Å². The number of carbonyl (C=O) groups is 1. The van der Waals surface area contributed by atoms with Gasteiger partial charge in [0.1, 0.15) is 0 Å². The average molecular weight is 452 g/mol. The van der Waals surface area contributed by atoms with Gasteiger partial charge in [0.25, 0.3) is 0 Å². The van der Waals surface area contributed by atoms with Gasteiger partial charge >= 0.3 is 0 Å². The van der Waals surface area contributed by atoms with Gasteiger partial charge in [-0.15, -0.1) is 24.0 Å². The Bertz CT molecular complexity index is 376. The molecule has 2 atom stereocenters. The maximum atomic E-state index is 11.8. The van der Waals surface area contributed by atoms with Crippen molar-refractivity contribution in [2.75, 3.05) is 26.7 Å². The summed E-state index contributed by atoms with van der Waals surface area (Å²) in [7, 11) is 1.82. The van der Waals surface area contributed by atoms with E-state index in [2.05, 4.69) is 29.5 Å². The summed E-state index contributed by atoms with van der Waals surface area (Å²) in [5.41, 5.74) is 0. The number of hydrogen-bond donors (Lipinski definition) is 2. The van der Waals surface area contributed by atoms with Gasteiger partial charge in [-0.2, -0.15) is 0 Å². The van der Waals surface area contributed by atoms with Crippen molar-refractivity contribution >= 4 is 35.8 Å².